The van der Waals surface area contributed by atoms with Gasteiger partial charge >= 0.3 is 5.97 Å². The third-order valence-corrected chi connectivity index (χ3v) is 3.11. The molecular formula is C14H15NO4. The first-order valence-corrected chi connectivity index (χ1v) is 5.90. The van der Waals surface area contributed by atoms with Crippen LogP contribution < -0.4 is 5.32 Å². The molecule has 0 saturated carbocycles. The number of Topliss-reactive ketones (excluding diaryl/α,β-unsaturated/α-hetero) is 1. The van der Waals surface area contributed by atoms with Gasteiger partial charge in [-0.2, -0.15) is 0 Å². The Bertz CT molecular complexity index is 540. The first-order valence-electron chi connectivity index (χ1n) is 5.90. The van der Waals surface area contributed by atoms with E-state index in [4.69, 9.17) is 0 Å². The van der Waals surface area contributed by atoms with Crippen LogP contribution in [0.25, 0.3) is 0 Å². The van der Waals surface area contributed by atoms with Gasteiger partial charge in [-0.15, -0.1) is 0 Å². The molecule has 0 aromatic heterocycles. The number of ether oxygens (including phenoxy) is 1. The highest BCUT2D eigenvalue weighted by atomic mass is 16.5. The van der Waals surface area contributed by atoms with Crippen LogP contribution in [0.15, 0.2) is 47.4 Å². The zero-order chi connectivity index (χ0) is 14.0. The van der Waals surface area contributed by atoms with Crippen LogP contribution in [0.3, 0.4) is 0 Å². The molecule has 0 fully saturated rings. The molecule has 1 heterocycles. The van der Waals surface area contributed by atoms with Crippen molar-refractivity contribution in [1.29, 1.82) is 0 Å². The summed E-state index contributed by atoms with van der Waals surface area (Å²) in [5.74, 6) is -0.901. The number of esters is 1. The third-order valence-electron chi connectivity index (χ3n) is 3.11. The molecule has 2 aliphatic rings. The molecular weight excluding hydrogens is 246 g/mol. The summed E-state index contributed by atoms with van der Waals surface area (Å²) in [4.78, 5) is 23.2. The number of methoxy groups -OCH3 is 1. The Labute approximate surface area is 110 Å². The summed E-state index contributed by atoms with van der Waals surface area (Å²) in [7, 11) is 1.22. The highest BCUT2D eigenvalue weighted by molar-refractivity contribution is 6.17. The summed E-state index contributed by atoms with van der Waals surface area (Å²) < 4.78 is 4.61. The topological polar surface area (TPSA) is 75.6 Å². The smallest absolute Gasteiger partial charge is 0.343 e. The molecule has 2 atom stereocenters. The van der Waals surface area contributed by atoms with Crippen LogP contribution in [-0.2, 0) is 14.3 Å². The van der Waals surface area contributed by atoms with Gasteiger partial charge in [-0.25, -0.2) is 4.79 Å². The predicted molar refractivity (Wildman–Crippen MR) is 69.1 cm³/mol. The van der Waals surface area contributed by atoms with Gasteiger partial charge in [0.25, 0.3) is 0 Å². The number of rotatable bonds is 2. The van der Waals surface area contributed by atoms with Crippen molar-refractivity contribution >= 4 is 11.8 Å². The molecule has 2 N–H and O–H groups in total. The van der Waals surface area contributed by atoms with Crippen LogP contribution in [0.1, 0.15) is 6.92 Å². The second-order valence-corrected chi connectivity index (χ2v) is 4.37. The number of carbonyl (C=O) groups excluding carboxylic acids is 2. The molecule has 100 valence electrons. The van der Waals surface area contributed by atoms with Gasteiger partial charge in [0.05, 0.1) is 18.8 Å². The fourth-order valence-corrected chi connectivity index (χ4v) is 2.16. The Kier molecular flexibility index (Phi) is 3.55. The molecule has 0 amide bonds. The monoisotopic (exact) mass is 261 g/mol. The van der Waals surface area contributed by atoms with Crippen LogP contribution in [0, 0.1) is 5.92 Å². The normalized spacial score (nSPS) is 26.9. The minimum absolute atomic E-state index is 0.000366. The van der Waals surface area contributed by atoms with Crippen molar-refractivity contribution in [3.8, 4) is 0 Å². The van der Waals surface area contributed by atoms with Crippen LogP contribution in [0.4, 0.5) is 0 Å². The van der Waals surface area contributed by atoms with E-state index in [1.807, 2.05) is 12.2 Å². The maximum Gasteiger partial charge on any atom is 0.343 e. The maximum absolute atomic E-state index is 11.6. The zero-order valence-corrected chi connectivity index (χ0v) is 10.7. The lowest BCUT2D eigenvalue weighted by Crippen LogP contribution is -2.40. The van der Waals surface area contributed by atoms with E-state index in [1.54, 1.807) is 18.2 Å². The van der Waals surface area contributed by atoms with E-state index in [2.05, 4.69) is 10.1 Å². The molecule has 2 rings (SSSR count). The molecule has 0 spiro atoms. The quantitative estimate of drug-likeness (QED) is 0.337. The van der Waals surface area contributed by atoms with Crippen LogP contribution in [0.5, 0.6) is 0 Å². The second kappa shape index (κ2) is 5.14. The van der Waals surface area contributed by atoms with Crippen LogP contribution in [0.2, 0.25) is 0 Å². The van der Waals surface area contributed by atoms with E-state index in [0.29, 0.717) is 5.70 Å². The number of aliphatic hydroxyl groups excluding tert-OH is 1. The maximum atomic E-state index is 11.6. The lowest BCUT2D eigenvalue weighted by atomic mass is 9.89. The number of ketones is 1. The molecule has 5 heteroatoms. The van der Waals surface area contributed by atoms with E-state index in [1.165, 1.54) is 14.0 Å². The fourth-order valence-electron chi connectivity index (χ4n) is 2.16. The number of aliphatic hydroxyl groups is 1. The van der Waals surface area contributed by atoms with Crippen molar-refractivity contribution in [3.63, 3.8) is 0 Å². The Morgan fingerprint density at radius 1 is 1.37 bits per heavy atom. The predicted octanol–water partition coefficient (Wildman–Crippen LogP) is 1.16. The van der Waals surface area contributed by atoms with E-state index in [9.17, 15) is 14.7 Å². The minimum Gasteiger partial charge on any atom is -0.510 e. The van der Waals surface area contributed by atoms with Gasteiger partial charge in [0.15, 0.2) is 5.78 Å². The lowest BCUT2D eigenvalue weighted by Gasteiger charge is -2.31. The molecule has 0 radical (unpaired) electrons. The Balaban J connectivity index is 2.41. The first-order chi connectivity index (χ1) is 9.04. The van der Waals surface area contributed by atoms with E-state index < -0.39 is 5.97 Å². The van der Waals surface area contributed by atoms with Gasteiger partial charge in [-0.3, -0.25) is 4.79 Å². The molecule has 0 aromatic rings. The molecule has 1 aliphatic carbocycles. The highest BCUT2D eigenvalue weighted by Crippen LogP contribution is 2.25. The summed E-state index contributed by atoms with van der Waals surface area (Å²) in [6, 6.07) is -0.357. The van der Waals surface area contributed by atoms with E-state index in [-0.39, 0.29) is 29.1 Å². The molecule has 1 aliphatic heterocycles. The highest BCUT2D eigenvalue weighted by Gasteiger charge is 2.30. The fraction of sp³-hybridized carbons (Fsp3) is 0.286. The van der Waals surface area contributed by atoms with Gasteiger partial charge in [0.1, 0.15) is 11.3 Å². The first kappa shape index (κ1) is 13.1. The molecule has 0 aromatic carbocycles. The molecule has 0 bridgehead atoms. The second-order valence-electron chi connectivity index (χ2n) is 4.37. The Morgan fingerprint density at radius 2 is 2.11 bits per heavy atom. The zero-order valence-electron chi connectivity index (χ0n) is 10.7. The Hall–Kier alpha value is -2.30. The summed E-state index contributed by atoms with van der Waals surface area (Å²) in [6.07, 6.45) is 8.77. The molecule has 2 unspecified atom stereocenters. The van der Waals surface area contributed by atoms with Crippen molar-refractivity contribution in [1.82, 2.24) is 5.32 Å². The lowest BCUT2D eigenvalue weighted by molar-refractivity contribution is -0.137. The average molecular weight is 261 g/mol. The van der Waals surface area contributed by atoms with Crippen molar-refractivity contribution in [3.05, 3.63) is 47.4 Å². The van der Waals surface area contributed by atoms with Gasteiger partial charge < -0.3 is 15.2 Å². The van der Waals surface area contributed by atoms with Crippen molar-refractivity contribution in [2.24, 2.45) is 5.92 Å². The number of nitrogens with one attached hydrogen (secondary N) is 1. The molecule has 0 saturated heterocycles. The van der Waals surface area contributed by atoms with E-state index >= 15 is 0 Å². The standard InChI is InChI=1S/C14H15NO4/c1-8(16)12(14(18)19-2)10-7-6-9-4-3-5-11(17)13(9)15-10/h3-7,9,13,15,17H,1-2H3. The number of allylic oxidation sites excluding steroid dienone is 3. The van der Waals surface area contributed by atoms with E-state index in [0.717, 1.165) is 0 Å². The minimum atomic E-state index is -0.687. The summed E-state index contributed by atoms with van der Waals surface area (Å²) in [5, 5.41) is 12.8. The van der Waals surface area contributed by atoms with Crippen molar-refractivity contribution in [2.75, 3.05) is 7.11 Å². The largest absolute Gasteiger partial charge is 0.510 e. The van der Waals surface area contributed by atoms with Gasteiger partial charge in [-0.1, -0.05) is 18.2 Å². The summed E-state index contributed by atoms with van der Waals surface area (Å²) >= 11 is 0. The number of carbonyl (C=O) groups is 2. The third kappa shape index (κ3) is 2.45. The summed E-state index contributed by atoms with van der Waals surface area (Å²) in [5.41, 5.74) is 0.329. The van der Waals surface area contributed by atoms with Crippen molar-refractivity contribution < 1.29 is 19.4 Å². The van der Waals surface area contributed by atoms with Crippen LogP contribution in [-0.4, -0.2) is 30.0 Å². The summed E-state index contributed by atoms with van der Waals surface area (Å²) in [6.45, 7) is 1.30. The molecule has 5 nitrogen and oxygen atoms in total. The number of fused-ring (bicyclic) bond motifs is 1. The van der Waals surface area contributed by atoms with Crippen LogP contribution >= 0.6 is 0 Å². The molecule has 19 heavy (non-hydrogen) atoms. The Morgan fingerprint density at radius 3 is 2.74 bits per heavy atom. The number of hydrogen-bond donors (Lipinski definition) is 2. The number of hydrogen-bond acceptors (Lipinski definition) is 5. The van der Waals surface area contributed by atoms with Gasteiger partial charge in [-0.05, 0) is 19.1 Å². The van der Waals surface area contributed by atoms with Crippen molar-refractivity contribution in [2.45, 2.75) is 13.0 Å². The average Bonchev–Trinajstić information content (AvgIpc) is 2.39. The van der Waals surface area contributed by atoms with Gasteiger partial charge in [0, 0.05) is 5.92 Å². The van der Waals surface area contributed by atoms with Gasteiger partial charge in [0.2, 0.25) is 0 Å². The SMILES string of the molecule is COC(=O)C(C(C)=O)=C1C=CC2C=CC=C(O)C2N1.